The number of rotatable bonds is 10. The average molecular weight is 1060 g/mol. The lowest BCUT2D eigenvalue weighted by molar-refractivity contribution is 0.670. The third-order valence-corrected chi connectivity index (χ3v) is 16.9. The molecule has 0 saturated carbocycles. The Labute approximate surface area is 481 Å². The van der Waals surface area contributed by atoms with Gasteiger partial charge in [-0.05, 0) is 166 Å². The van der Waals surface area contributed by atoms with Crippen LogP contribution in [0.3, 0.4) is 0 Å². The monoisotopic (exact) mass is 1060 g/mol. The standard InChI is InChI=1S/C80H52N2O/c1-3-18-57(19-4-1)82(58-20-5-2-6-21-58)78-51-50-63(65-23-13-14-29-73(65)78)55-38-45-61(46-39-55)81(59-41-34-53(35-42-59)56-40-47-72-69-27-10-9-25-67(69)68-26-11-12-28-70(68)77(72)52-56)60-43-36-54(37-44-60)62-48-49-71(66-24-8-7-22-64(62)66)75-31-17-32-76-74-30-15-16-33-79(74)83-80(75)76/h1-52H. The Balaban J connectivity index is 0.790. The number of benzene rings is 15. The predicted molar refractivity (Wildman–Crippen MR) is 352 cm³/mol. The molecule has 0 saturated heterocycles. The number of hydrogen-bond acceptors (Lipinski definition) is 3. The Morgan fingerprint density at radius 2 is 0.578 bits per heavy atom. The van der Waals surface area contributed by atoms with E-state index < -0.39 is 0 Å². The van der Waals surface area contributed by atoms with Crippen molar-refractivity contribution >= 4 is 110 Å². The fourth-order valence-electron chi connectivity index (χ4n) is 13.0. The van der Waals surface area contributed by atoms with Crippen molar-refractivity contribution in [1.29, 1.82) is 0 Å². The summed E-state index contributed by atoms with van der Waals surface area (Å²) < 4.78 is 6.56. The van der Waals surface area contributed by atoms with Gasteiger partial charge in [0.15, 0.2) is 0 Å². The Kier molecular flexibility index (Phi) is 11.5. The molecule has 16 aromatic rings. The summed E-state index contributed by atoms with van der Waals surface area (Å²) >= 11 is 0. The molecule has 0 aliphatic rings. The van der Waals surface area contributed by atoms with E-state index in [1.54, 1.807) is 0 Å². The van der Waals surface area contributed by atoms with Gasteiger partial charge in [0.05, 0.1) is 5.69 Å². The summed E-state index contributed by atoms with van der Waals surface area (Å²) in [6, 6.07) is 115. The molecule has 0 fully saturated rings. The average Bonchev–Trinajstić information content (AvgIpc) is 3.29. The van der Waals surface area contributed by atoms with Crippen LogP contribution >= 0.6 is 0 Å². The first kappa shape index (κ1) is 48.0. The lowest BCUT2D eigenvalue weighted by Crippen LogP contribution is -2.10. The molecular formula is C80H52N2O. The molecule has 0 bridgehead atoms. The summed E-state index contributed by atoms with van der Waals surface area (Å²) in [5.41, 5.74) is 17.6. The molecule has 83 heavy (non-hydrogen) atoms. The van der Waals surface area contributed by atoms with Crippen molar-refractivity contribution in [2.24, 2.45) is 0 Å². The molecule has 0 aliphatic heterocycles. The van der Waals surface area contributed by atoms with Crippen LogP contribution in [0.1, 0.15) is 0 Å². The van der Waals surface area contributed by atoms with Crippen molar-refractivity contribution in [3.63, 3.8) is 0 Å². The second kappa shape index (κ2) is 20.0. The quantitative estimate of drug-likeness (QED) is 0.127. The van der Waals surface area contributed by atoms with Crippen LogP contribution in [0.15, 0.2) is 320 Å². The van der Waals surface area contributed by atoms with Crippen LogP contribution in [0.5, 0.6) is 0 Å². The highest BCUT2D eigenvalue weighted by Crippen LogP contribution is 2.46. The second-order valence-electron chi connectivity index (χ2n) is 21.5. The summed E-state index contributed by atoms with van der Waals surface area (Å²) in [5.74, 6) is 0. The van der Waals surface area contributed by atoms with E-state index in [4.69, 9.17) is 4.42 Å². The third kappa shape index (κ3) is 8.20. The molecule has 0 radical (unpaired) electrons. The van der Waals surface area contributed by atoms with Gasteiger partial charge in [-0.15, -0.1) is 0 Å². The van der Waals surface area contributed by atoms with Gasteiger partial charge in [-0.3, -0.25) is 0 Å². The maximum absolute atomic E-state index is 6.56. The molecule has 0 unspecified atom stereocenters. The minimum absolute atomic E-state index is 0.901. The Hall–Kier alpha value is -11.0. The molecule has 3 heteroatoms. The highest BCUT2D eigenvalue weighted by atomic mass is 16.3. The molecule has 0 spiro atoms. The minimum atomic E-state index is 0.901. The van der Waals surface area contributed by atoms with Crippen LogP contribution in [0.2, 0.25) is 0 Å². The van der Waals surface area contributed by atoms with Crippen molar-refractivity contribution < 1.29 is 4.42 Å². The molecule has 0 N–H and O–H groups in total. The fraction of sp³-hybridized carbons (Fsp3) is 0. The van der Waals surface area contributed by atoms with Crippen molar-refractivity contribution in [3.8, 4) is 44.5 Å². The van der Waals surface area contributed by atoms with E-state index in [1.807, 2.05) is 6.07 Å². The van der Waals surface area contributed by atoms with Gasteiger partial charge < -0.3 is 14.2 Å². The molecule has 388 valence electrons. The van der Waals surface area contributed by atoms with Crippen LogP contribution < -0.4 is 9.80 Å². The highest BCUT2D eigenvalue weighted by Gasteiger charge is 2.21. The zero-order valence-electron chi connectivity index (χ0n) is 45.3. The van der Waals surface area contributed by atoms with Crippen molar-refractivity contribution in [1.82, 2.24) is 0 Å². The molecule has 0 aliphatic carbocycles. The van der Waals surface area contributed by atoms with Crippen LogP contribution in [0.25, 0.3) is 120 Å². The van der Waals surface area contributed by atoms with E-state index in [0.29, 0.717) is 0 Å². The molecular weight excluding hydrogens is 1000 g/mol. The zero-order chi connectivity index (χ0) is 54.8. The molecule has 0 amide bonds. The SMILES string of the molecule is c1ccc(N(c2ccccc2)c2ccc(-c3ccc(N(c4ccc(-c5ccc6c7ccccc7c7ccccc7c6c5)cc4)c4ccc(-c5ccc(-c6cccc7c6oc6ccccc67)c6ccccc56)cc4)cc3)c3ccccc23)cc1. The maximum atomic E-state index is 6.56. The first-order valence-electron chi connectivity index (χ1n) is 28.5. The van der Waals surface area contributed by atoms with Gasteiger partial charge in [0.1, 0.15) is 11.2 Å². The van der Waals surface area contributed by atoms with Crippen LogP contribution in [-0.2, 0) is 0 Å². The number of anilines is 6. The second-order valence-corrected chi connectivity index (χ2v) is 21.5. The largest absolute Gasteiger partial charge is 0.455 e. The van der Waals surface area contributed by atoms with Crippen molar-refractivity contribution in [3.05, 3.63) is 315 Å². The number of hydrogen-bond donors (Lipinski definition) is 0. The number of furan rings is 1. The Bertz CT molecular complexity index is 5050. The third-order valence-electron chi connectivity index (χ3n) is 16.9. The van der Waals surface area contributed by atoms with Crippen LogP contribution in [0, 0.1) is 0 Å². The van der Waals surface area contributed by atoms with E-state index in [9.17, 15) is 0 Å². The Morgan fingerprint density at radius 3 is 1.14 bits per heavy atom. The molecule has 3 nitrogen and oxygen atoms in total. The first-order valence-corrected chi connectivity index (χ1v) is 28.5. The predicted octanol–water partition coefficient (Wildman–Crippen LogP) is 23.0. The summed E-state index contributed by atoms with van der Waals surface area (Å²) in [6.45, 7) is 0. The van der Waals surface area contributed by atoms with E-state index in [2.05, 4.69) is 319 Å². The van der Waals surface area contributed by atoms with Gasteiger partial charge in [0, 0.05) is 50.2 Å². The molecule has 15 aromatic carbocycles. The maximum Gasteiger partial charge on any atom is 0.143 e. The van der Waals surface area contributed by atoms with E-state index in [-0.39, 0.29) is 0 Å². The van der Waals surface area contributed by atoms with E-state index in [1.165, 1.54) is 76.1 Å². The molecule has 0 atom stereocenters. The molecule has 16 rings (SSSR count). The lowest BCUT2D eigenvalue weighted by Gasteiger charge is -2.28. The Morgan fingerprint density at radius 1 is 0.193 bits per heavy atom. The number of nitrogens with zero attached hydrogens (tertiary/aromatic N) is 2. The topological polar surface area (TPSA) is 19.6 Å². The molecule has 1 aromatic heterocycles. The van der Waals surface area contributed by atoms with Crippen LogP contribution in [-0.4, -0.2) is 0 Å². The van der Waals surface area contributed by atoms with Gasteiger partial charge in [-0.2, -0.15) is 0 Å². The van der Waals surface area contributed by atoms with Gasteiger partial charge >= 0.3 is 0 Å². The number of fused-ring (bicyclic) bond motifs is 11. The smallest absolute Gasteiger partial charge is 0.143 e. The minimum Gasteiger partial charge on any atom is -0.455 e. The fourth-order valence-corrected chi connectivity index (χ4v) is 13.0. The van der Waals surface area contributed by atoms with Gasteiger partial charge in [-0.1, -0.05) is 237 Å². The normalized spacial score (nSPS) is 11.6. The molecule has 1 heterocycles. The van der Waals surface area contributed by atoms with Gasteiger partial charge in [0.2, 0.25) is 0 Å². The summed E-state index contributed by atoms with van der Waals surface area (Å²) in [7, 11) is 0. The highest BCUT2D eigenvalue weighted by molar-refractivity contribution is 6.26. The van der Waals surface area contributed by atoms with Crippen molar-refractivity contribution in [2.45, 2.75) is 0 Å². The van der Waals surface area contributed by atoms with Crippen molar-refractivity contribution in [2.75, 3.05) is 9.80 Å². The summed E-state index contributed by atoms with van der Waals surface area (Å²) in [6.07, 6.45) is 0. The van der Waals surface area contributed by atoms with E-state index >= 15 is 0 Å². The van der Waals surface area contributed by atoms with Gasteiger partial charge in [-0.25, -0.2) is 0 Å². The first-order chi connectivity index (χ1) is 41.2. The summed E-state index contributed by atoms with van der Waals surface area (Å²) in [5, 5.41) is 14.7. The van der Waals surface area contributed by atoms with E-state index in [0.717, 1.165) is 78.3 Å². The zero-order valence-corrected chi connectivity index (χ0v) is 45.3. The lowest BCUT2D eigenvalue weighted by atomic mass is 9.91. The van der Waals surface area contributed by atoms with Crippen LogP contribution in [0.4, 0.5) is 34.1 Å². The van der Waals surface area contributed by atoms with Gasteiger partial charge in [0.25, 0.3) is 0 Å². The number of para-hydroxylation sites is 4. The summed E-state index contributed by atoms with van der Waals surface area (Å²) in [4.78, 5) is 4.74.